The molecule has 0 amide bonds. The van der Waals surface area contributed by atoms with Crippen molar-refractivity contribution in [2.24, 2.45) is 5.92 Å². The Morgan fingerprint density at radius 2 is 1.96 bits per heavy atom. The molecule has 1 saturated heterocycles. The second-order valence-electron chi connectivity index (χ2n) is 6.57. The van der Waals surface area contributed by atoms with Crippen LogP contribution in [-0.4, -0.2) is 41.9 Å². The minimum Gasteiger partial charge on any atom is -0.466 e. The summed E-state index contributed by atoms with van der Waals surface area (Å²) in [5.74, 6) is 0.261. The molecule has 2 aromatic rings. The number of aldehydes is 1. The monoisotopic (exact) mass is 371 g/mol. The highest BCUT2D eigenvalue weighted by molar-refractivity contribution is 5.77. The van der Waals surface area contributed by atoms with Gasteiger partial charge in [-0.2, -0.15) is 0 Å². The van der Waals surface area contributed by atoms with Gasteiger partial charge in [-0.1, -0.05) is 6.07 Å². The Kier molecular flexibility index (Phi) is 6.11. The van der Waals surface area contributed by atoms with Crippen molar-refractivity contribution in [3.05, 3.63) is 42.0 Å². The van der Waals surface area contributed by atoms with Crippen molar-refractivity contribution < 1.29 is 18.7 Å². The Morgan fingerprint density at radius 1 is 1.26 bits per heavy atom. The number of benzene rings is 1. The summed E-state index contributed by atoms with van der Waals surface area (Å²) in [5, 5.41) is 0. The van der Waals surface area contributed by atoms with Crippen LogP contribution in [0, 0.1) is 11.7 Å². The Bertz CT molecular complexity index is 803. The van der Waals surface area contributed by atoms with Crippen LogP contribution in [0.4, 0.5) is 10.3 Å². The molecule has 6 nitrogen and oxygen atoms in total. The van der Waals surface area contributed by atoms with Gasteiger partial charge in [0.25, 0.3) is 0 Å². The van der Waals surface area contributed by atoms with Crippen molar-refractivity contribution in [1.82, 2.24) is 9.97 Å². The molecule has 1 aromatic carbocycles. The van der Waals surface area contributed by atoms with Gasteiger partial charge in [-0.3, -0.25) is 9.59 Å². The number of carbonyl (C=O) groups is 2. The summed E-state index contributed by atoms with van der Waals surface area (Å²) in [4.78, 5) is 33.2. The molecule has 1 aromatic heterocycles. The second kappa shape index (κ2) is 8.70. The summed E-state index contributed by atoms with van der Waals surface area (Å²) in [6.07, 6.45) is 6.05. The summed E-state index contributed by atoms with van der Waals surface area (Å²) >= 11 is 0. The van der Waals surface area contributed by atoms with Gasteiger partial charge in [-0.25, -0.2) is 14.4 Å². The SMILES string of the molecule is CCOC(=O)CC1CCN(c2ncc(-c3ccc(C=O)c(F)c3)cn2)CC1. The van der Waals surface area contributed by atoms with Crippen LogP contribution in [0.1, 0.15) is 36.5 Å². The smallest absolute Gasteiger partial charge is 0.306 e. The number of rotatable bonds is 6. The van der Waals surface area contributed by atoms with E-state index in [1.807, 2.05) is 6.92 Å². The van der Waals surface area contributed by atoms with E-state index in [4.69, 9.17) is 4.74 Å². The molecule has 0 radical (unpaired) electrons. The number of carbonyl (C=O) groups excluding carboxylic acids is 2. The lowest BCUT2D eigenvalue weighted by atomic mass is 9.94. The molecule has 1 fully saturated rings. The average Bonchev–Trinajstić information content (AvgIpc) is 2.69. The maximum atomic E-state index is 13.8. The molecule has 1 aliphatic heterocycles. The van der Waals surface area contributed by atoms with Crippen LogP contribution in [0.3, 0.4) is 0 Å². The Hall–Kier alpha value is -2.83. The molecule has 0 N–H and O–H groups in total. The lowest BCUT2D eigenvalue weighted by Gasteiger charge is -2.31. The van der Waals surface area contributed by atoms with E-state index in [9.17, 15) is 14.0 Å². The van der Waals surface area contributed by atoms with Crippen LogP contribution in [0.2, 0.25) is 0 Å². The summed E-state index contributed by atoms with van der Waals surface area (Å²) < 4.78 is 18.8. The standard InChI is InChI=1S/C20H22FN3O3/c1-2-27-19(26)9-14-5-7-24(8-6-14)20-22-11-17(12-23-20)15-3-4-16(13-25)18(21)10-15/h3-4,10-14H,2,5-9H2,1H3. The quantitative estimate of drug-likeness (QED) is 0.573. The summed E-state index contributed by atoms with van der Waals surface area (Å²) in [5.41, 5.74) is 1.34. The topological polar surface area (TPSA) is 72.4 Å². The largest absolute Gasteiger partial charge is 0.466 e. The summed E-state index contributed by atoms with van der Waals surface area (Å²) in [6, 6.07) is 4.43. The van der Waals surface area contributed by atoms with Crippen molar-refractivity contribution in [2.75, 3.05) is 24.6 Å². The number of aromatic nitrogens is 2. The molecular weight excluding hydrogens is 349 g/mol. The highest BCUT2D eigenvalue weighted by Crippen LogP contribution is 2.25. The highest BCUT2D eigenvalue weighted by atomic mass is 19.1. The van der Waals surface area contributed by atoms with Gasteiger partial charge in [0.2, 0.25) is 5.95 Å². The highest BCUT2D eigenvalue weighted by Gasteiger charge is 2.23. The minimum absolute atomic E-state index is 0.0296. The molecule has 0 aliphatic carbocycles. The van der Waals surface area contributed by atoms with E-state index in [1.165, 1.54) is 12.1 Å². The third kappa shape index (κ3) is 4.67. The van der Waals surface area contributed by atoms with Gasteiger partial charge in [0.15, 0.2) is 6.29 Å². The Labute approximate surface area is 157 Å². The van der Waals surface area contributed by atoms with E-state index in [-0.39, 0.29) is 11.5 Å². The molecule has 1 aliphatic rings. The van der Waals surface area contributed by atoms with E-state index < -0.39 is 5.82 Å². The first-order valence-corrected chi connectivity index (χ1v) is 9.08. The van der Waals surface area contributed by atoms with Crippen molar-refractivity contribution in [1.29, 1.82) is 0 Å². The van der Waals surface area contributed by atoms with Gasteiger partial charge in [0.1, 0.15) is 5.82 Å². The molecule has 142 valence electrons. The molecule has 0 saturated carbocycles. The third-order valence-electron chi connectivity index (χ3n) is 4.76. The number of halogens is 1. The third-order valence-corrected chi connectivity index (χ3v) is 4.76. The van der Waals surface area contributed by atoms with E-state index in [0.29, 0.717) is 42.3 Å². The molecule has 0 unspecified atom stereocenters. The zero-order chi connectivity index (χ0) is 19.2. The van der Waals surface area contributed by atoms with E-state index in [1.54, 1.807) is 18.5 Å². The molecule has 3 rings (SSSR count). The fourth-order valence-electron chi connectivity index (χ4n) is 3.23. The van der Waals surface area contributed by atoms with Gasteiger partial charge in [-0.15, -0.1) is 0 Å². The first kappa shape index (κ1) is 18.9. The van der Waals surface area contributed by atoms with Gasteiger partial charge in [-0.05, 0) is 43.4 Å². The lowest BCUT2D eigenvalue weighted by Crippen LogP contribution is -2.35. The number of ether oxygens (including phenoxy) is 1. The number of nitrogens with zero attached hydrogens (tertiary/aromatic N) is 3. The fourth-order valence-corrected chi connectivity index (χ4v) is 3.23. The Morgan fingerprint density at radius 3 is 2.56 bits per heavy atom. The van der Waals surface area contributed by atoms with Crippen LogP contribution in [-0.2, 0) is 9.53 Å². The van der Waals surface area contributed by atoms with E-state index in [0.717, 1.165) is 25.9 Å². The maximum absolute atomic E-state index is 13.8. The number of esters is 1. The molecule has 0 spiro atoms. The van der Waals surface area contributed by atoms with Crippen LogP contribution in [0.25, 0.3) is 11.1 Å². The predicted molar refractivity (Wildman–Crippen MR) is 99.0 cm³/mol. The summed E-state index contributed by atoms with van der Waals surface area (Å²) in [6.45, 7) is 3.80. The molecule has 7 heteroatoms. The number of hydrogen-bond acceptors (Lipinski definition) is 6. The van der Waals surface area contributed by atoms with Crippen LogP contribution >= 0.6 is 0 Å². The van der Waals surface area contributed by atoms with Crippen molar-refractivity contribution in [3.8, 4) is 11.1 Å². The average molecular weight is 371 g/mol. The van der Waals surface area contributed by atoms with Crippen LogP contribution < -0.4 is 4.90 Å². The zero-order valence-corrected chi connectivity index (χ0v) is 15.2. The summed E-state index contributed by atoms with van der Waals surface area (Å²) in [7, 11) is 0. The van der Waals surface area contributed by atoms with Crippen molar-refractivity contribution in [2.45, 2.75) is 26.2 Å². The van der Waals surface area contributed by atoms with E-state index in [2.05, 4.69) is 14.9 Å². The van der Waals surface area contributed by atoms with Gasteiger partial charge >= 0.3 is 5.97 Å². The Balaban J connectivity index is 1.60. The number of anilines is 1. The first-order valence-electron chi connectivity index (χ1n) is 9.08. The molecule has 27 heavy (non-hydrogen) atoms. The van der Waals surface area contributed by atoms with Crippen LogP contribution in [0.5, 0.6) is 0 Å². The number of hydrogen-bond donors (Lipinski definition) is 0. The number of piperidine rings is 1. The lowest BCUT2D eigenvalue weighted by molar-refractivity contribution is -0.144. The molecule has 0 bridgehead atoms. The zero-order valence-electron chi connectivity index (χ0n) is 15.2. The van der Waals surface area contributed by atoms with Crippen molar-refractivity contribution in [3.63, 3.8) is 0 Å². The maximum Gasteiger partial charge on any atom is 0.306 e. The van der Waals surface area contributed by atoms with E-state index >= 15 is 0 Å². The first-order chi connectivity index (χ1) is 13.1. The molecular formula is C20H22FN3O3. The van der Waals surface area contributed by atoms with Gasteiger partial charge in [0, 0.05) is 37.5 Å². The van der Waals surface area contributed by atoms with Gasteiger partial charge < -0.3 is 9.64 Å². The fraction of sp³-hybridized carbons (Fsp3) is 0.400. The predicted octanol–water partition coefficient (Wildman–Crippen LogP) is 3.26. The second-order valence-corrected chi connectivity index (χ2v) is 6.57. The normalized spacial score (nSPS) is 14.8. The molecule has 0 atom stereocenters. The van der Waals surface area contributed by atoms with Gasteiger partial charge in [0.05, 0.1) is 12.2 Å². The molecule has 2 heterocycles. The van der Waals surface area contributed by atoms with Crippen LogP contribution in [0.15, 0.2) is 30.6 Å². The minimum atomic E-state index is -0.560. The van der Waals surface area contributed by atoms with Crippen molar-refractivity contribution >= 4 is 18.2 Å².